The van der Waals surface area contributed by atoms with E-state index >= 15 is 0 Å². The Morgan fingerprint density at radius 3 is 1.45 bits per heavy atom. The van der Waals surface area contributed by atoms with Gasteiger partial charge in [-0.25, -0.2) is 0 Å². The fourth-order valence-corrected chi connectivity index (χ4v) is 9.95. The molecule has 2 unspecified atom stereocenters. The second kappa shape index (κ2) is 11.1. The molecule has 2 aromatic carbocycles. The summed E-state index contributed by atoms with van der Waals surface area (Å²) in [5.74, 6) is 0. The van der Waals surface area contributed by atoms with Crippen LogP contribution in [0.15, 0.2) is 58.3 Å². The molecule has 2 heterocycles. The van der Waals surface area contributed by atoms with Gasteiger partial charge in [0, 0.05) is 36.0 Å². The van der Waals surface area contributed by atoms with Crippen LogP contribution in [0.5, 0.6) is 0 Å². The van der Waals surface area contributed by atoms with Gasteiger partial charge in [-0.3, -0.25) is 9.80 Å². The van der Waals surface area contributed by atoms with Gasteiger partial charge in [0.15, 0.2) is 10.2 Å². The van der Waals surface area contributed by atoms with Gasteiger partial charge in [-0.2, -0.15) is 0 Å². The number of hydrogen-bond acceptors (Lipinski definition) is 5. The van der Waals surface area contributed by atoms with E-state index in [0.717, 1.165) is 36.4 Å². The van der Waals surface area contributed by atoms with Crippen LogP contribution >= 0.6 is 59.7 Å². The zero-order valence-corrected chi connectivity index (χ0v) is 23.5. The molecule has 4 rings (SSSR count). The molecule has 2 aliphatic heterocycles. The van der Waals surface area contributed by atoms with Gasteiger partial charge in [0.05, 0.1) is 11.4 Å². The summed E-state index contributed by atoms with van der Waals surface area (Å²) < 4.78 is 0.286. The Bertz CT molecular complexity index is 928. The molecule has 0 aliphatic carbocycles. The lowest BCUT2D eigenvalue weighted by Crippen LogP contribution is -2.47. The van der Waals surface area contributed by atoms with Crippen molar-refractivity contribution in [3.8, 4) is 0 Å². The van der Waals surface area contributed by atoms with Gasteiger partial charge in [0.25, 0.3) is 0 Å². The maximum Gasteiger partial charge on any atom is 0.177 e. The number of fused-ring (bicyclic) bond motifs is 2. The molecular formula is C24H30N4S5. The Morgan fingerprint density at radius 2 is 1.09 bits per heavy atom. The highest BCUT2D eigenvalue weighted by molar-refractivity contribution is 8.24. The summed E-state index contributed by atoms with van der Waals surface area (Å²) >= 11 is 17.8. The Hall–Kier alpha value is -1.13. The van der Waals surface area contributed by atoms with Crippen molar-refractivity contribution >= 4 is 81.3 Å². The number of nitrogens with zero attached hydrogens (tertiary/aromatic N) is 4. The van der Waals surface area contributed by atoms with Crippen LogP contribution in [0.3, 0.4) is 0 Å². The molecule has 0 saturated carbocycles. The first-order chi connectivity index (χ1) is 16.0. The molecule has 4 nitrogen and oxygen atoms in total. The minimum Gasteiger partial charge on any atom is -0.349 e. The molecule has 2 atom stereocenters. The van der Waals surface area contributed by atoms with Gasteiger partial charge in [-0.1, -0.05) is 59.6 Å². The number of benzene rings is 2. The topological polar surface area (TPSA) is 13.0 Å². The molecule has 0 saturated heterocycles. The van der Waals surface area contributed by atoms with E-state index in [9.17, 15) is 0 Å². The summed E-state index contributed by atoms with van der Waals surface area (Å²) in [5.41, 5.74) is 2.41. The molecule has 2 aliphatic rings. The quantitative estimate of drug-likeness (QED) is 0.369. The minimum atomic E-state index is 0.143. The van der Waals surface area contributed by atoms with Crippen LogP contribution in [-0.2, 0) is 0 Å². The Balaban J connectivity index is 1.66. The van der Waals surface area contributed by atoms with Crippen molar-refractivity contribution in [1.82, 2.24) is 9.80 Å². The van der Waals surface area contributed by atoms with E-state index in [2.05, 4.69) is 95.8 Å². The lowest BCUT2D eigenvalue weighted by atomic mass is 10.3. The number of para-hydroxylation sites is 2. The van der Waals surface area contributed by atoms with Gasteiger partial charge in [0.1, 0.15) is 9.41 Å². The summed E-state index contributed by atoms with van der Waals surface area (Å²) in [6.07, 6.45) is 0. The number of hydrogen-bond donors (Lipinski definition) is 0. The van der Waals surface area contributed by atoms with Crippen molar-refractivity contribution < 1.29 is 0 Å². The van der Waals surface area contributed by atoms with E-state index < -0.39 is 0 Å². The summed E-state index contributed by atoms with van der Waals surface area (Å²) in [7, 11) is 0. The average molecular weight is 535 g/mol. The highest BCUT2D eigenvalue weighted by atomic mass is 32.2. The molecule has 0 amide bonds. The highest BCUT2D eigenvalue weighted by Crippen LogP contribution is 2.55. The molecule has 9 heteroatoms. The van der Waals surface area contributed by atoms with E-state index in [0.29, 0.717) is 0 Å². The van der Waals surface area contributed by atoms with Gasteiger partial charge in [0.2, 0.25) is 0 Å². The summed E-state index contributed by atoms with van der Waals surface area (Å²) in [5, 5.41) is 1.79. The van der Waals surface area contributed by atoms with Crippen LogP contribution in [0.25, 0.3) is 0 Å². The van der Waals surface area contributed by atoms with Crippen LogP contribution < -0.4 is 9.80 Å². The first kappa shape index (κ1) is 25.0. The minimum absolute atomic E-state index is 0.143. The van der Waals surface area contributed by atoms with Crippen molar-refractivity contribution in [2.24, 2.45) is 0 Å². The first-order valence-electron chi connectivity index (χ1n) is 11.4. The molecule has 0 spiro atoms. The predicted octanol–water partition coefficient (Wildman–Crippen LogP) is 6.76. The van der Waals surface area contributed by atoms with Gasteiger partial charge < -0.3 is 9.80 Å². The number of thioether (sulfide) groups is 3. The van der Waals surface area contributed by atoms with Crippen LogP contribution in [0.1, 0.15) is 27.7 Å². The number of rotatable bonds is 6. The van der Waals surface area contributed by atoms with Crippen LogP contribution in [0, 0.1) is 0 Å². The van der Waals surface area contributed by atoms with E-state index in [4.69, 9.17) is 24.4 Å². The Morgan fingerprint density at radius 1 is 0.727 bits per heavy atom. The molecule has 2 aromatic rings. The van der Waals surface area contributed by atoms with Gasteiger partial charge in [-0.15, -0.1) is 0 Å². The highest BCUT2D eigenvalue weighted by Gasteiger charge is 2.41. The third-order valence-corrected chi connectivity index (χ3v) is 10.9. The normalized spacial score (nSPS) is 18.8. The molecule has 176 valence electrons. The Kier molecular flexibility index (Phi) is 8.38. The maximum atomic E-state index is 6.03. The second-order valence-electron chi connectivity index (χ2n) is 7.57. The van der Waals surface area contributed by atoms with Gasteiger partial charge >= 0.3 is 0 Å². The van der Waals surface area contributed by atoms with Crippen LogP contribution in [0.2, 0.25) is 0 Å². The third-order valence-electron chi connectivity index (χ3n) is 5.84. The van der Waals surface area contributed by atoms with E-state index in [1.54, 1.807) is 0 Å². The molecule has 33 heavy (non-hydrogen) atoms. The van der Waals surface area contributed by atoms with E-state index in [-0.39, 0.29) is 9.41 Å². The van der Waals surface area contributed by atoms with Crippen molar-refractivity contribution in [3.05, 3.63) is 48.5 Å². The van der Waals surface area contributed by atoms with Crippen LogP contribution in [0.4, 0.5) is 11.4 Å². The largest absolute Gasteiger partial charge is 0.349 e. The number of anilines is 2. The van der Waals surface area contributed by atoms with Crippen LogP contribution in [-0.4, -0.2) is 55.6 Å². The second-order valence-corrected chi connectivity index (χ2v) is 12.3. The first-order valence-corrected chi connectivity index (χ1v) is 14.9. The monoisotopic (exact) mass is 534 g/mol. The van der Waals surface area contributed by atoms with E-state index in [1.807, 2.05) is 35.3 Å². The van der Waals surface area contributed by atoms with Crippen molar-refractivity contribution in [1.29, 1.82) is 0 Å². The van der Waals surface area contributed by atoms with Crippen molar-refractivity contribution in [3.63, 3.8) is 0 Å². The Labute approximate surface area is 221 Å². The smallest absolute Gasteiger partial charge is 0.177 e. The van der Waals surface area contributed by atoms with Gasteiger partial charge in [-0.05, 0) is 76.4 Å². The standard InChI is InChI=1S/C24H30N4S5/c1-5-25(6-2)21(29)27-17-13-9-11-15-19(17)31-23(27)33-24-28(22(30)26(7-3)8-4)18-14-10-12-16-20(18)32-24/h9-16,23-24H,5-8H2,1-4H3. The lowest BCUT2D eigenvalue weighted by Gasteiger charge is -2.37. The third kappa shape index (κ3) is 4.85. The summed E-state index contributed by atoms with van der Waals surface area (Å²) in [6.45, 7) is 12.3. The molecule has 0 aromatic heterocycles. The average Bonchev–Trinajstić information content (AvgIpc) is 3.38. The van der Waals surface area contributed by atoms with Crippen molar-refractivity contribution in [2.45, 2.75) is 46.9 Å². The molecule has 0 N–H and O–H groups in total. The summed E-state index contributed by atoms with van der Waals surface area (Å²) in [4.78, 5) is 11.8. The maximum absolute atomic E-state index is 6.03. The van der Waals surface area contributed by atoms with E-state index in [1.165, 1.54) is 21.2 Å². The molecular weight excluding hydrogens is 505 g/mol. The predicted molar refractivity (Wildman–Crippen MR) is 156 cm³/mol. The molecule has 0 radical (unpaired) electrons. The zero-order chi connectivity index (χ0) is 23.5. The number of thiocarbonyl (C=S) groups is 2. The fraction of sp³-hybridized carbons (Fsp3) is 0.417. The summed E-state index contributed by atoms with van der Waals surface area (Å²) in [6, 6.07) is 17.2. The molecule has 0 fully saturated rings. The fourth-order valence-electron chi connectivity index (χ4n) is 4.02. The lowest BCUT2D eigenvalue weighted by molar-refractivity contribution is 0.465. The zero-order valence-electron chi connectivity index (χ0n) is 19.4. The SMILES string of the molecule is CCN(CC)C(=S)N1c2ccccc2SC1SC1Sc2ccccc2N1C(=S)N(CC)CC. The molecule has 0 bridgehead atoms. The van der Waals surface area contributed by atoms with Crippen molar-refractivity contribution in [2.75, 3.05) is 36.0 Å².